The lowest BCUT2D eigenvalue weighted by Gasteiger charge is -2.09. The lowest BCUT2D eigenvalue weighted by atomic mass is 10.1. The summed E-state index contributed by atoms with van der Waals surface area (Å²) in [5, 5.41) is 5.89. The third kappa shape index (κ3) is 4.94. The number of aryl methyl sites for hydroxylation is 1. The van der Waals surface area contributed by atoms with Crippen molar-refractivity contribution in [1.29, 1.82) is 0 Å². The second kappa shape index (κ2) is 8.18. The van der Waals surface area contributed by atoms with Gasteiger partial charge in [-0.1, -0.05) is 0 Å². The van der Waals surface area contributed by atoms with Gasteiger partial charge < -0.3 is 10.6 Å². The number of ketones is 1. The zero-order valence-corrected chi connectivity index (χ0v) is 15.1. The Morgan fingerprint density at radius 3 is 2.37 bits per heavy atom. The molecular weight excluding hydrogens is 342 g/mol. The van der Waals surface area contributed by atoms with E-state index in [2.05, 4.69) is 25.6 Å². The highest BCUT2D eigenvalue weighted by molar-refractivity contribution is 5.94. The summed E-state index contributed by atoms with van der Waals surface area (Å²) in [4.78, 5) is 36.3. The van der Waals surface area contributed by atoms with Gasteiger partial charge in [-0.3, -0.25) is 14.6 Å². The first-order valence-corrected chi connectivity index (χ1v) is 8.42. The van der Waals surface area contributed by atoms with E-state index in [4.69, 9.17) is 0 Å². The van der Waals surface area contributed by atoms with Crippen LogP contribution in [0.1, 0.15) is 39.0 Å². The summed E-state index contributed by atoms with van der Waals surface area (Å²) in [6.45, 7) is 3.70. The zero-order chi connectivity index (χ0) is 19.2. The molecule has 0 saturated carbocycles. The molecular formula is C20H19N5O2. The Hall–Kier alpha value is -3.61. The second-order valence-electron chi connectivity index (χ2n) is 6.01. The van der Waals surface area contributed by atoms with Crippen LogP contribution in [0.3, 0.4) is 0 Å². The smallest absolute Gasteiger partial charge is 0.270 e. The number of carbonyl (C=O) groups excluding carboxylic acids is 2. The largest absolute Gasteiger partial charge is 0.347 e. The molecule has 0 atom stereocenters. The predicted molar refractivity (Wildman–Crippen MR) is 102 cm³/mol. The van der Waals surface area contributed by atoms with Crippen LogP contribution in [0, 0.1) is 6.92 Å². The summed E-state index contributed by atoms with van der Waals surface area (Å²) in [7, 11) is 0. The number of aromatic nitrogens is 3. The normalized spacial score (nSPS) is 10.3. The SMILES string of the molecule is CC(=O)c1ccc(Nc2nc(C)cc(C(=O)NCc3ccncc3)n2)cc1. The van der Waals surface area contributed by atoms with E-state index in [9.17, 15) is 9.59 Å². The third-order valence-electron chi connectivity index (χ3n) is 3.84. The highest BCUT2D eigenvalue weighted by Crippen LogP contribution is 2.15. The first-order chi connectivity index (χ1) is 13.0. The Morgan fingerprint density at radius 1 is 1.00 bits per heavy atom. The van der Waals surface area contributed by atoms with Crippen LogP contribution in [0.15, 0.2) is 54.9 Å². The average molecular weight is 361 g/mol. The summed E-state index contributed by atoms with van der Waals surface area (Å²) in [5.41, 5.74) is 3.25. The number of nitrogens with zero attached hydrogens (tertiary/aromatic N) is 3. The first kappa shape index (κ1) is 18.2. The number of anilines is 2. The average Bonchev–Trinajstić information content (AvgIpc) is 2.67. The Labute approximate surface area is 156 Å². The highest BCUT2D eigenvalue weighted by atomic mass is 16.1. The summed E-state index contributed by atoms with van der Waals surface area (Å²) < 4.78 is 0. The molecule has 136 valence electrons. The molecule has 1 amide bonds. The number of hydrogen-bond acceptors (Lipinski definition) is 6. The fourth-order valence-corrected chi connectivity index (χ4v) is 2.43. The number of carbonyl (C=O) groups is 2. The Balaban J connectivity index is 1.71. The zero-order valence-electron chi connectivity index (χ0n) is 15.1. The molecule has 27 heavy (non-hydrogen) atoms. The van der Waals surface area contributed by atoms with Crippen LogP contribution in [0.2, 0.25) is 0 Å². The molecule has 7 heteroatoms. The molecule has 0 aliphatic heterocycles. The minimum atomic E-state index is -0.285. The van der Waals surface area contributed by atoms with Gasteiger partial charge in [0.15, 0.2) is 5.78 Å². The topological polar surface area (TPSA) is 96.9 Å². The van der Waals surface area contributed by atoms with E-state index < -0.39 is 0 Å². The molecule has 2 heterocycles. The molecule has 3 aromatic rings. The Kier molecular flexibility index (Phi) is 5.51. The number of rotatable bonds is 6. The Bertz CT molecular complexity index is 956. The highest BCUT2D eigenvalue weighted by Gasteiger charge is 2.11. The Morgan fingerprint density at radius 2 is 1.70 bits per heavy atom. The fraction of sp³-hybridized carbons (Fsp3) is 0.150. The van der Waals surface area contributed by atoms with E-state index in [0.717, 1.165) is 11.3 Å². The van der Waals surface area contributed by atoms with Crippen LogP contribution in [0.25, 0.3) is 0 Å². The first-order valence-electron chi connectivity index (χ1n) is 8.42. The van der Waals surface area contributed by atoms with Crippen molar-refractivity contribution in [3.05, 3.63) is 77.4 Å². The van der Waals surface area contributed by atoms with Gasteiger partial charge in [0.1, 0.15) is 5.69 Å². The molecule has 0 unspecified atom stereocenters. The van der Waals surface area contributed by atoms with Crippen LogP contribution >= 0.6 is 0 Å². The van der Waals surface area contributed by atoms with Crippen LogP contribution < -0.4 is 10.6 Å². The van der Waals surface area contributed by atoms with Crippen molar-refractivity contribution in [2.45, 2.75) is 20.4 Å². The third-order valence-corrected chi connectivity index (χ3v) is 3.84. The molecule has 0 spiro atoms. The van der Waals surface area contributed by atoms with Crippen molar-refractivity contribution in [2.75, 3.05) is 5.32 Å². The van der Waals surface area contributed by atoms with Crippen molar-refractivity contribution in [3.63, 3.8) is 0 Å². The maximum Gasteiger partial charge on any atom is 0.270 e. The van der Waals surface area contributed by atoms with E-state index in [1.54, 1.807) is 49.6 Å². The van der Waals surface area contributed by atoms with Gasteiger partial charge in [-0.05, 0) is 61.9 Å². The predicted octanol–water partition coefficient (Wildman–Crippen LogP) is 3.06. The van der Waals surface area contributed by atoms with E-state index in [1.807, 2.05) is 12.1 Å². The minimum absolute atomic E-state index is 0.00140. The number of Topliss-reactive ketones (excluding diaryl/α,β-unsaturated/α-hetero) is 1. The number of pyridine rings is 1. The fourth-order valence-electron chi connectivity index (χ4n) is 2.43. The van der Waals surface area contributed by atoms with Gasteiger partial charge in [-0.2, -0.15) is 0 Å². The van der Waals surface area contributed by atoms with Crippen LogP contribution in [-0.2, 0) is 6.54 Å². The van der Waals surface area contributed by atoms with Crippen LogP contribution in [0.5, 0.6) is 0 Å². The molecule has 0 bridgehead atoms. The standard InChI is InChI=1S/C20H19N5O2/c1-13-11-18(19(27)22-12-15-7-9-21-10-8-15)25-20(23-13)24-17-5-3-16(4-6-17)14(2)26/h3-11H,12H2,1-2H3,(H,22,27)(H,23,24,25). The molecule has 2 N–H and O–H groups in total. The molecule has 0 aliphatic carbocycles. The summed E-state index contributed by atoms with van der Waals surface area (Å²) >= 11 is 0. The summed E-state index contributed by atoms with van der Waals surface area (Å²) in [6.07, 6.45) is 3.35. The van der Waals surface area contributed by atoms with Crippen LogP contribution in [0.4, 0.5) is 11.6 Å². The lowest BCUT2D eigenvalue weighted by molar-refractivity contribution is 0.0945. The van der Waals surface area contributed by atoms with Crippen molar-refractivity contribution < 1.29 is 9.59 Å². The van der Waals surface area contributed by atoms with Gasteiger partial charge in [-0.15, -0.1) is 0 Å². The second-order valence-corrected chi connectivity index (χ2v) is 6.01. The maximum absolute atomic E-state index is 12.4. The molecule has 1 aromatic carbocycles. The summed E-state index contributed by atoms with van der Waals surface area (Å²) in [5.74, 6) is 0.0356. The van der Waals surface area contributed by atoms with E-state index in [0.29, 0.717) is 23.8 Å². The maximum atomic E-state index is 12.4. The lowest BCUT2D eigenvalue weighted by Crippen LogP contribution is -2.24. The van der Waals surface area contributed by atoms with Gasteiger partial charge in [0.05, 0.1) is 0 Å². The number of hydrogen-bond donors (Lipinski definition) is 2. The number of amides is 1. The van der Waals surface area contributed by atoms with E-state index in [-0.39, 0.29) is 17.4 Å². The van der Waals surface area contributed by atoms with Gasteiger partial charge in [0.25, 0.3) is 5.91 Å². The quantitative estimate of drug-likeness (QED) is 0.655. The van der Waals surface area contributed by atoms with Gasteiger partial charge in [0, 0.05) is 35.9 Å². The molecule has 2 aromatic heterocycles. The minimum Gasteiger partial charge on any atom is -0.347 e. The molecule has 3 rings (SSSR count). The molecule has 7 nitrogen and oxygen atoms in total. The van der Waals surface area contributed by atoms with E-state index in [1.165, 1.54) is 6.92 Å². The summed E-state index contributed by atoms with van der Waals surface area (Å²) in [6, 6.07) is 12.3. The molecule has 0 saturated heterocycles. The van der Waals surface area contributed by atoms with Gasteiger partial charge in [-0.25, -0.2) is 9.97 Å². The van der Waals surface area contributed by atoms with Crippen molar-refractivity contribution in [3.8, 4) is 0 Å². The van der Waals surface area contributed by atoms with Gasteiger partial charge in [0.2, 0.25) is 5.95 Å². The monoisotopic (exact) mass is 361 g/mol. The van der Waals surface area contributed by atoms with Crippen molar-refractivity contribution in [2.24, 2.45) is 0 Å². The van der Waals surface area contributed by atoms with E-state index >= 15 is 0 Å². The molecule has 0 fully saturated rings. The molecule has 0 aliphatic rings. The molecule has 0 radical (unpaired) electrons. The van der Waals surface area contributed by atoms with Gasteiger partial charge >= 0.3 is 0 Å². The van der Waals surface area contributed by atoms with Crippen molar-refractivity contribution in [1.82, 2.24) is 20.3 Å². The number of nitrogens with one attached hydrogen (secondary N) is 2. The van der Waals surface area contributed by atoms with Crippen LogP contribution in [-0.4, -0.2) is 26.6 Å². The van der Waals surface area contributed by atoms with Crippen molar-refractivity contribution >= 4 is 23.3 Å². The number of benzene rings is 1.